The molecular formula is C22H19N3O4S. The van der Waals surface area contributed by atoms with E-state index in [1.807, 2.05) is 53.9 Å². The van der Waals surface area contributed by atoms with Crippen molar-refractivity contribution in [2.75, 3.05) is 30.0 Å². The molecule has 5 rings (SSSR count). The molecule has 1 fully saturated rings. The molecule has 8 heteroatoms. The molecule has 0 saturated carbocycles. The van der Waals surface area contributed by atoms with E-state index in [1.54, 1.807) is 4.90 Å². The summed E-state index contributed by atoms with van der Waals surface area (Å²) >= 11 is 1.35. The number of hydrogen-bond donors (Lipinski definition) is 1. The second-order valence-electron chi connectivity index (χ2n) is 7.13. The third-order valence-electron chi connectivity index (χ3n) is 5.14. The Morgan fingerprint density at radius 3 is 2.73 bits per heavy atom. The van der Waals surface area contributed by atoms with E-state index in [4.69, 9.17) is 9.47 Å². The molecule has 1 saturated heterocycles. The Hall–Kier alpha value is -3.39. The van der Waals surface area contributed by atoms with E-state index >= 15 is 0 Å². The number of anilines is 2. The molecule has 0 spiro atoms. The van der Waals surface area contributed by atoms with E-state index in [2.05, 4.69) is 10.3 Å². The van der Waals surface area contributed by atoms with Gasteiger partial charge in [-0.05, 0) is 30.3 Å². The molecule has 0 aliphatic carbocycles. The Morgan fingerprint density at radius 1 is 1.10 bits per heavy atom. The number of benzene rings is 2. The molecule has 30 heavy (non-hydrogen) atoms. The van der Waals surface area contributed by atoms with Crippen molar-refractivity contribution < 1.29 is 19.1 Å². The predicted molar refractivity (Wildman–Crippen MR) is 114 cm³/mol. The summed E-state index contributed by atoms with van der Waals surface area (Å²) < 4.78 is 11.2. The molecule has 3 aromatic rings. The number of thiazole rings is 1. The topological polar surface area (TPSA) is 80.8 Å². The Bertz CT molecular complexity index is 1100. The van der Waals surface area contributed by atoms with Crippen LogP contribution in [0.4, 0.5) is 10.8 Å². The first-order valence-corrected chi connectivity index (χ1v) is 10.6. The van der Waals surface area contributed by atoms with E-state index in [9.17, 15) is 9.59 Å². The van der Waals surface area contributed by atoms with Crippen LogP contribution in [-0.2, 0) is 9.59 Å². The summed E-state index contributed by atoms with van der Waals surface area (Å²) in [5.41, 5.74) is 2.45. The van der Waals surface area contributed by atoms with Gasteiger partial charge in [0.25, 0.3) is 0 Å². The summed E-state index contributed by atoms with van der Waals surface area (Å²) in [5.74, 6) is 0.784. The van der Waals surface area contributed by atoms with Crippen LogP contribution < -0.4 is 19.7 Å². The largest absolute Gasteiger partial charge is 0.486 e. The van der Waals surface area contributed by atoms with Gasteiger partial charge in [0.2, 0.25) is 11.8 Å². The number of rotatable bonds is 4. The van der Waals surface area contributed by atoms with Gasteiger partial charge >= 0.3 is 0 Å². The molecule has 2 aliphatic heterocycles. The number of fused-ring (bicyclic) bond motifs is 1. The number of aromatic nitrogens is 1. The molecule has 152 valence electrons. The molecule has 3 heterocycles. The summed E-state index contributed by atoms with van der Waals surface area (Å²) in [4.78, 5) is 31.3. The lowest BCUT2D eigenvalue weighted by Crippen LogP contribution is -2.28. The molecule has 7 nitrogen and oxygen atoms in total. The van der Waals surface area contributed by atoms with Gasteiger partial charge in [-0.2, -0.15) is 0 Å². The van der Waals surface area contributed by atoms with Crippen LogP contribution in [0.15, 0.2) is 53.9 Å². The van der Waals surface area contributed by atoms with Crippen LogP contribution in [-0.4, -0.2) is 36.6 Å². The summed E-state index contributed by atoms with van der Waals surface area (Å²) in [7, 11) is 0. The Kier molecular flexibility index (Phi) is 4.84. The Balaban J connectivity index is 1.26. The van der Waals surface area contributed by atoms with E-state index in [-0.39, 0.29) is 18.2 Å². The van der Waals surface area contributed by atoms with Gasteiger partial charge in [-0.25, -0.2) is 4.98 Å². The van der Waals surface area contributed by atoms with Gasteiger partial charge in [-0.1, -0.05) is 18.2 Å². The number of nitrogens with one attached hydrogen (secondary N) is 1. The van der Waals surface area contributed by atoms with E-state index in [0.717, 1.165) is 22.7 Å². The SMILES string of the molecule is O=C(Nc1nc(-c2ccc3c(c2)OCCO3)cs1)C1CC(=O)N(c2ccccc2)C1. The van der Waals surface area contributed by atoms with Crippen molar-refractivity contribution in [1.29, 1.82) is 0 Å². The van der Waals surface area contributed by atoms with Crippen molar-refractivity contribution in [3.05, 3.63) is 53.9 Å². The molecule has 2 aromatic carbocycles. The van der Waals surface area contributed by atoms with Crippen molar-refractivity contribution in [2.24, 2.45) is 5.92 Å². The number of para-hydroxylation sites is 1. The standard InChI is InChI=1S/C22H19N3O4S/c26-20-11-15(12-25(20)16-4-2-1-3-5-16)21(27)24-22-23-17(13-30-22)14-6-7-18-19(10-14)29-9-8-28-18/h1-7,10,13,15H,8-9,11-12H2,(H,23,24,27). The Morgan fingerprint density at radius 2 is 1.90 bits per heavy atom. The molecule has 1 N–H and O–H groups in total. The summed E-state index contributed by atoms with van der Waals surface area (Å²) in [6.07, 6.45) is 0.196. The highest BCUT2D eigenvalue weighted by Crippen LogP contribution is 2.35. The first-order chi connectivity index (χ1) is 14.7. The first-order valence-electron chi connectivity index (χ1n) is 9.69. The molecule has 2 amide bonds. The van der Waals surface area contributed by atoms with Gasteiger partial charge in [-0.15, -0.1) is 11.3 Å². The van der Waals surface area contributed by atoms with E-state index < -0.39 is 5.92 Å². The second-order valence-corrected chi connectivity index (χ2v) is 7.98. The average Bonchev–Trinajstić information content (AvgIpc) is 3.41. The van der Waals surface area contributed by atoms with Gasteiger partial charge in [0.05, 0.1) is 11.6 Å². The maximum absolute atomic E-state index is 12.7. The summed E-state index contributed by atoms with van der Waals surface area (Å²) in [6.45, 7) is 1.44. The van der Waals surface area contributed by atoms with Crippen LogP contribution in [0.1, 0.15) is 6.42 Å². The molecule has 0 bridgehead atoms. The normalized spacial score (nSPS) is 17.8. The molecule has 2 aliphatic rings. The highest BCUT2D eigenvalue weighted by atomic mass is 32.1. The lowest BCUT2D eigenvalue weighted by molar-refractivity contribution is -0.122. The highest BCUT2D eigenvalue weighted by Gasteiger charge is 2.35. The average molecular weight is 421 g/mol. The number of carbonyl (C=O) groups excluding carboxylic acids is 2. The van der Waals surface area contributed by atoms with Gasteiger partial charge < -0.3 is 19.7 Å². The van der Waals surface area contributed by atoms with Crippen LogP contribution >= 0.6 is 11.3 Å². The fourth-order valence-electron chi connectivity index (χ4n) is 3.61. The minimum Gasteiger partial charge on any atom is -0.486 e. The number of amides is 2. The molecule has 1 aromatic heterocycles. The quantitative estimate of drug-likeness (QED) is 0.697. The number of carbonyl (C=O) groups is 2. The fraction of sp³-hybridized carbons (Fsp3) is 0.227. The maximum atomic E-state index is 12.7. The molecule has 1 atom stereocenters. The van der Waals surface area contributed by atoms with Crippen molar-refractivity contribution in [3.63, 3.8) is 0 Å². The van der Waals surface area contributed by atoms with Gasteiger partial charge in [0, 0.05) is 29.6 Å². The zero-order valence-corrected chi connectivity index (χ0v) is 16.9. The zero-order chi connectivity index (χ0) is 20.5. The van der Waals surface area contributed by atoms with Crippen LogP contribution in [0.25, 0.3) is 11.3 Å². The summed E-state index contributed by atoms with van der Waals surface area (Å²) in [5, 5.41) is 5.26. The minimum absolute atomic E-state index is 0.0440. The van der Waals surface area contributed by atoms with Crippen molar-refractivity contribution in [3.8, 4) is 22.8 Å². The van der Waals surface area contributed by atoms with Crippen molar-refractivity contribution in [1.82, 2.24) is 4.98 Å². The monoisotopic (exact) mass is 421 g/mol. The second kappa shape index (κ2) is 7.79. The van der Waals surface area contributed by atoms with Gasteiger partial charge in [-0.3, -0.25) is 9.59 Å². The maximum Gasteiger partial charge on any atom is 0.231 e. The van der Waals surface area contributed by atoms with Crippen LogP contribution in [0.3, 0.4) is 0 Å². The smallest absolute Gasteiger partial charge is 0.231 e. The minimum atomic E-state index is -0.403. The molecule has 0 radical (unpaired) electrons. The van der Waals surface area contributed by atoms with E-state index in [1.165, 1.54) is 11.3 Å². The predicted octanol–water partition coefficient (Wildman–Crippen LogP) is 3.57. The third-order valence-corrected chi connectivity index (χ3v) is 5.89. The zero-order valence-electron chi connectivity index (χ0n) is 16.0. The fourth-order valence-corrected chi connectivity index (χ4v) is 4.34. The van der Waals surface area contributed by atoms with Crippen LogP contribution in [0.2, 0.25) is 0 Å². The number of ether oxygens (including phenoxy) is 2. The lowest BCUT2D eigenvalue weighted by Gasteiger charge is -2.18. The van der Waals surface area contributed by atoms with E-state index in [0.29, 0.717) is 30.6 Å². The van der Waals surface area contributed by atoms with Gasteiger partial charge in [0.15, 0.2) is 16.6 Å². The third kappa shape index (κ3) is 3.61. The molecule has 1 unspecified atom stereocenters. The van der Waals surface area contributed by atoms with Crippen molar-refractivity contribution >= 4 is 34.0 Å². The van der Waals surface area contributed by atoms with Crippen LogP contribution in [0, 0.1) is 5.92 Å². The number of hydrogen-bond acceptors (Lipinski definition) is 6. The van der Waals surface area contributed by atoms with Crippen molar-refractivity contribution in [2.45, 2.75) is 6.42 Å². The van der Waals surface area contributed by atoms with Gasteiger partial charge in [0.1, 0.15) is 13.2 Å². The lowest BCUT2D eigenvalue weighted by atomic mass is 10.1. The van der Waals surface area contributed by atoms with Crippen LogP contribution in [0.5, 0.6) is 11.5 Å². The Labute approximate surface area is 177 Å². The summed E-state index contributed by atoms with van der Waals surface area (Å²) in [6, 6.07) is 15.1. The first kappa shape index (κ1) is 18.6. The number of nitrogens with zero attached hydrogens (tertiary/aromatic N) is 2. The highest BCUT2D eigenvalue weighted by molar-refractivity contribution is 7.14. The molecular weight excluding hydrogens is 402 g/mol.